The van der Waals surface area contributed by atoms with E-state index in [9.17, 15) is 19.4 Å². The van der Waals surface area contributed by atoms with Crippen LogP contribution in [0.1, 0.15) is 13.8 Å². The monoisotopic (exact) mass is 315 g/mol. The normalized spacial score (nSPS) is 17.6. The molecular formula is C10H20O9P-. The van der Waals surface area contributed by atoms with Crippen molar-refractivity contribution in [3.63, 3.8) is 0 Å². The third-order valence-corrected chi connectivity index (χ3v) is 2.88. The number of phosphoric acid groups is 1. The molecule has 0 fully saturated rings. The zero-order valence-electron chi connectivity index (χ0n) is 11.3. The highest BCUT2D eigenvalue weighted by Gasteiger charge is 2.17. The molecule has 0 aliphatic carbocycles. The Labute approximate surface area is 116 Å². The lowest BCUT2D eigenvalue weighted by atomic mass is 10.2. The second-order valence-electron chi connectivity index (χ2n) is 4.31. The van der Waals surface area contributed by atoms with E-state index in [1.165, 1.54) is 0 Å². The fourth-order valence-corrected chi connectivity index (χ4v) is 1.62. The van der Waals surface area contributed by atoms with Crippen LogP contribution in [0.5, 0.6) is 0 Å². The molecule has 3 unspecified atom stereocenters. The van der Waals surface area contributed by atoms with Crippen LogP contribution in [0, 0.1) is 5.92 Å². The summed E-state index contributed by atoms with van der Waals surface area (Å²) >= 11 is 0. The van der Waals surface area contributed by atoms with Crippen LogP contribution in [0.2, 0.25) is 0 Å². The molecule has 0 bridgehead atoms. The van der Waals surface area contributed by atoms with Gasteiger partial charge in [0.05, 0.1) is 25.7 Å². The molecule has 0 aliphatic heterocycles. The van der Waals surface area contributed by atoms with Crippen molar-refractivity contribution >= 4 is 13.8 Å². The summed E-state index contributed by atoms with van der Waals surface area (Å²) in [5, 5.41) is 26.7. The smallest absolute Gasteiger partial charge is 0.308 e. The Bertz CT molecular complexity index is 333. The first kappa shape index (κ1) is 19.5. The molecule has 0 saturated carbocycles. The Morgan fingerprint density at radius 3 is 2.10 bits per heavy atom. The molecule has 0 spiro atoms. The molecular weight excluding hydrogens is 295 g/mol. The maximum atomic E-state index is 11.2. The third-order valence-electron chi connectivity index (χ3n) is 1.95. The van der Waals surface area contributed by atoms with Crippen LogP contribution in [0.15, 0.2) is 0 Å². The summed E-state index contributed by atoms with van der Waals surface area (Å²) in [5.41, 5.74) is 0. The number of hydrogen-bond donors (Lipinski definition) is 3. The van der Waals surface area contributed by atoms with Crippen molar-refractivity contribution in [1.82, 2.24) is 0 Å². The van der Waals surface area contributed by atoms with E-state index >= 15 is 0 Å². The number of carbonyl (C=O) groups excluding carboxylic acids is 1. The standard InChI is InChI=1S/C10H21O9P/c1-7(2)10(14)17-4-9(13)6-19-20(15,16)18-5-8(12)3-11/h7-9,11-13H,3-6H2,1-2H3,(H,15,16)/p-1. The van der Waals surface area contributed by atoms with Crippen molar-refractivity contribution in [2.45, 2.75) is 26.1 Å². The average molecular weight is 315 g/mol. The summed E-state index contributed by atoms with van der Waals surface area (Å²) in [5.74, 6) is -0.895. The van der Waals surface area contributed by atoms with Crippen LogP contribution in [0.25, 0.3) is 0 Å². The van der Waals surface area contributed by atoms with Crippen LogP contribution < -0.4 is 4.89 Å². The van der Waals surface area contributed by atoms with Gasteiger partial charge in [0, 0.05) is 0 Å². The average Bonchev–Trinajstić information content (AvgIpc) is 2.39. The lowest BCUT2D eigenvalue weighted by molar-refractivity contribution is -0.229. The number of ether oxygens (including phenoxy) is 1. The maximum Gasteiger partial charge on any atom is 0.308 e. The zero-order valence-corrected chi connectivity index (χ0v) is 12.2. The van der Waals surface area contributed by atoms with Gasteiger partial charge in [0.1, 0.15) is 18.8 Å². The first-order chi connectivity index (χ1) is 9.18. The highest BCUT2D eigenvalue weighted by Crippen LogP contribution is 2.38. The molecule has 9 nitrogen and oxygen atoms in total. The highest BCUT2D eigenvalue weighted by molar-refractivity contribution is 7.45. The molecule has 0 aromatic heterocycles. The fourth-order valence-electron chi connectivity index (χ4n) is 0.838. The Morgan fingerprint density at radius 1 is 1.15 bits per heavy atom. The first-order valence-electron chi connectivity index (χ1n) is 5.91. The van der Waals surface area contributed by atoms with Crippen molar-refractivity contribution in [2.75, 3.05) is 26.4 Å². The summed E-state index contributed by atoms with van der Waals surface area (Å²) in [7, 11) is -4.70. The van der Waals surface area contributed by atoms with Gasteiger partial charge in [-0.25, -0.2) is 0 Å². The minimum absolute atomic E-state index is 0.364. The minimum Gasteiger partial charge on any atom is -0.756 e. The van der Waals surface area contributed by atoms with Gasteiger partial charge in [-0.1, -0.05) is 13.8 Å². The van der Waals surface area contributed by atoms with Gasteiger partial charge in [-0.3, -0.25) is 9.36 Å². The number of aliphatic hydroxyl groups is 3. The van der Waals surface area contributed by atoms with E-state index in [4.69, 9.17) is 10.2 Å². The number of rotatable bonds is 10. The summed E-state index contributed by atoms with van der Waals surface area (Å²) in [6.45, 7) is 0.843. The van der Waals surface area contributed by atoms with E-state index < -0.39 is 52.4 Å². The Balaban J connectivity index is 3.95. The van der Waals surface area contributed by atoms with Crippen LogP contribution in [-0.4, -0.2) is 59.9 Å². The molecule has 0 rings (SSSR count). The molecule has 3 N–H and O–H groups in total. The Hall–Kier alpha value is -0.540. The molecule has 0 aromatic carbocycles. The molecule has 0 aliphatic rings. The number of aliphatic hydroxyl groups excluding tert-OH is 3. The molecule has 0 radical (unpaired) electrons. The van der Waals surface area contributed by atoms with Gasteiger partial charge in [-0.2, -0.15) is 0 Å². The van der Waals surface area contributed by atoms with Gasteiger partial charge in [0.15, 0.2) is 0 Å². The summed E-state index contributed by atoms with van der Waals surface area (Å²) < 4.78 is 24.4. The molecule has 10 heteroatoms. The Kier molecular flexibility index (Phi) is 9.15. The van der Waals surface area contributed by atoms with Crippen molar-refractivity contribution in [3.8, 4) is 0 Å². The van der Waals surface area contributed by atoms with E-state index in [2.05, 4.69) is 13.8 Å². The van der Waals surface area contributed by atoms with Crippen molar-refractivity contribution in [3.05, 3.63) is 0 Å². The van der Waals surface area contributed by atoms with E-state index in [0.717, 1.165) is 0 Å². The topological polar surface area (TPSA) is 146 Å². The maximum absolute atomic E-state index is 11.2. The largest absolute Gasteiger partial charge is 0.756 e. The van der Waals surface area contributed by atoms with Crippen LogP contribution in [-0.2, 0) is 23.1 Å². The quantitative estimate of drug-likeness (QED) is 0.320. The van der Waals surface area contributed by atoms with Crippen molar-refractivity contribution in [1.29, 1.82) is 0 Å². The number of carbonyl (C=O) groups is 1. The van der Waals surface area contributed by atoms with Crippen LogP contribution in [0.3, 0.4) is 0 Å². The summed E-state index contributed by atoms with van der Waals surface area (Å²) in [6.07, 6.45) is -2.68. The van der Waals surface area contributed by atoms with Crippen LogP contribution >= 0.6 is 7.82 Å². The van der Waals surface area contributed by atoms with Gasteiger partial charge >= 0.3 is 5.97 Å². The predicted molar refractivity (Wildman–Crippen MR) is 64.4 cm³/mol. The highest BCUT2D eigenvalue weighted by atomic mass is 31.2. The summed E-state index contributed by atoms with van der Waals surface area (Å²) in [4.78, 5) is 22.3. The minimum atomic E-state index is -4.70. The SMILES string of the molecule is CC(C)C(=O)OCC(O)COP(=O)([O-])OCC(O)CO. The first-order valence-corrected chi connectivity index (χ1v) is 7.37. The number of esters is 1. The second-order valence-corrected chi connectivity index (χ2v) is 5.72. The van der Waals surface area contributed by atoms with Crippen molar-refractivity contribution < 1.29 is 43.4 Å². The van der Waals surface area contributed by atoms with Gasteiger partial charge in [-0.15, -0.1) is 0 Å². The predicted octanol–water partition coefficient (Wildman–Crippen LogP) is -1.60. The molecule has 20 heavy (non-hydrogen) atoms. The molecule has 3 atom stereocenters. The van der Waals surface area contributed by atoms with E-state index in [0.29, 0.717) is 0 Å². The van der Waals surface area contributed by atoms with Gasteiger partial charge in [-0.05, 0) is 0 Å². The summed E-state index contributed by atoms with van der Waals surface area (Å²) in [6, 6.07) is 0. The zero-order chi connectivity index (χ0) is 15.8. The number of hydrogen-bond acceptors (Lipinski definition) is 9. The fraction of sp³-hybridized carbons (Fsp3) is 0.900. The molecule has 0 heterocycles. The van der Waals surface area contributed by atoms with Crippen LogP contribution in [0.4, 0.5) is 0 Å². The van der Waals surface area contributed by atoms with Gasteiger partial charge in [0.25, 0.3) is 7.82 Å². The lowest BCUT2D eigenvalue weighted by Gasteiger charge is -2.24. The second kappa shape index (κ2) is 9.41. The Morgan fingerprint density at radius 2 is 1.65 bits per heavy atom. The van der Waals surface area contributed by atoms with Gasteiger partial charge in [0.2, 0.25) is 0 Å². The number of phosphoric ester groups is 1. The lowest BCUT2D eigenvalue weighted by Crippen LogP contribution is -2.27. The van der Waals surface area contributed by atoms with Crippen molar-refractivity contribution in [2.24, 2.45) is 5.92 Å². The molecule has 0 aromatic rings. The molecule has 0 amide bonds. The third kappa shape index (κ3) is 9.38. The van der Waals surface area contributed by atoms with E-state index in [1.54, 1.807) is 13.8 Å². The molecule has 0 saturated heterocycles. The van der Waals surface area contributed by atoms with E-state index in [1.807, 2.05) is 0 Å². The van der Waals surface area contributed by atoms with E-state index in [-0.39, 0.29) is 5.92 Å². The molecule has 120 valence electrons. The van der Waals surface area contributed by atoms with Gasteiger partial charge < -0.3 is 34.0 Å².